The zero-order valence-electron chi connectivity index (χ0n) is 34.4. The van der Waals surface area contributed by atoms with E-state index < -0.39 is 38.4 Å². The predicted molar refractivity (Wildman–Crippen MR) is 215 cm³/mol. The Kier molecular flexibility index (Phi) is 10.7. The van der Waals surface area contributed by atoms with Gasteiger partial charge in [-0.2, -0.15) is 0 Å². The molecular weight excluding hydrogens is 685 g/mol. The smallest absolute Gasteiger partial charge is 0.328 e. The first-order valence-corrected chi connectivity index (χ1v) is 22.9. The summed E-state index contributed by atoms with van der Waals surface area (Å²) in [7, 11) is -1.85. The van der Waals surface area contributed by atoms with Gasteiger partial charge in [0, 0.05) is 43.2 Å². The Hall–Kier alpha value is -1.91. The number of hydrogen-bond donors (Lipinski definition) is 3. The Morgan fingerprint density at radius 1 is 0.887 bits per heavy atom. The van der Waals surface area contributed by atoms with E-state index in [1.54, 1.807) is 4.90 Å². The van der Waals surface area contributed by atoms with E-state index in [2.05, 4.69) is 69.5 Å². The molecule has 9 nitrogen and oxygen atoms in total. The van der Waals surface area contributed by atoms with Gasteiger partial charge in [0.05, 0.1) is 0 Å². The SMILES string of the molecule is C=C(C)[C@@H]1CC[C@]2(CNCCCN3CCS(=C)(=O)CC3)CC[C@]3(C)[C@H](CC[C@@H]4[C@@]5(C)CCN(C(=O)C(=O)NC(C)(C)C(=O)O)C(C)(C)[C@@H]5CC[C@]43C)[C@@H]12. The van der Waals surface area contributed by atoms with Crippen LogP contribution in [0, 0.1) is 51.2 Å². The molecule has 0 unspecified atom stereocenters. The van der Waals surface area contributed by atoms with E-state index in [4.69, 9.17) is 0 Å². The Balaban J connectivity index is 1.17. The van der Waals surface area contributed by atoms with Crippen molar-refractivity contribution < 1.29 is 23.7 Å². The summed E-state index contributed by atoms with van der Waals surface area (Å²) < 4.78 is 12.3. The van der Waals surface area contributed by atoms with E-state index in [1.165, 1.54) is 57.9 Å². The lowest BCUT2D eigenvalue weighted by Gasteiger charge is -2.73. The molecule has 6 aliphatic rings. The van der Waals surface area contributed by atoms with Crippen LogP contribution in [0.1, 0.15) is 120 Å². The molecular formula is C43H72N4O5S. The first-order chi connectivity index (χ1) is 24.5. The van der Waals surface area contributed by atoms with Gasteiger partial charge < -0.3 is 25.5 Å². The fourth-order valence-corrected chi connectivity index (χ4v) is 15.4. The highest BCUT2D eigenvalue weighted by molar-refractivity contribution is 8.00. The average molecular weight is 757 g/mol. The monoisotopic (exact) mass is 757 g/mol. The Labute approximate surface area is 321 Å². The molecule has 4 saturated carbocycles. The molecule has 6 rings (SSSR count). The minimum atomic E-state index is -1.85. The van der Waals surface area contributed by atoms with Crippen LogP contribution in [-0.2, 0) is 23.9 Å². The average Bonchev–Trinajstić information content (AvgIpc) is 3.45. The highest BCUT2D eigenvalue weighted by Gasteiger charge is 2.71. The first kappa shape index (κ1) is 40.7. The maximum atomic E-state index is 13.7. The maximum absolute atomic E-state index is 13.7. The minimum Gasteiger partial charge on any atom is -0.480 e. The van der Waals surface area contributed by atoms with Gasteiger partial charge in [-0.05, 0) is 179 Å². The molecule has 300 valence electrons. The quantitative estimate of drug-likeness (QED) is 0.117. The molecule has 0 spiro atoms. The summed E-state index contributed by atoms with van der Waals surface area (Å²) in [5.74, 6) is 5.45. The Morgan fingerprint density at radius 2 is 1.57 bits per heavy atom. The second-order valence-corrected chi connectivity index (χ2v) is 23.3. The molecule has 2 amide bonds. The summed E-state index contributed by atoms with van der Waals surface area (Å²) >= 11 is 0. The number of hydrogen-bond acceptors (Lipinski definition) is 6. The third kappa shape index (κ3) is 6.74. The molecule has 0 aromatic carbocycles. The zero-order valence-corrected chi connectivity index (χ0v) is 35.2. The fourth-order valence-electron chi connectivity index (χ4n) is 14.0. The van der Waals surface area contributed by atoms with Crippen molar-refractivity contribution >= 4 is 33.2 Å². The van der Waals surface area contributed by atoms with Crippen LogP contribution in [0.4, 0.5) is 0 Å². The number of fused-ring (bicyclic) bond motifs is 7. The van der Waals surface area contributed by atoms with Crippen LogP contribution >= 0.6 is 0 Å². The van der Waals surface area contributed by atoms with Crippen LogP contribution in [0.15, 0.2) is 12.2 Å². The summed E-state index contributed by atoms with van der Waals surface area (Å²) in [6.45, 7) is 27.3. The molecule has 0 bridgehead atoms. The summed E-state index contributed by atoms with van der Waals surface area (Å²) in [5.41, 5.74) is 0.0671. The largest absolute Gasteiger partial charge is 0.480 e. The van der Waals surface area contributed by atoms with Crippen LogP contribution in [-0.4, -0.2) is 105 Å². The standard InChI is InChI=1S/C43H72N4O5S/c1-29(2)30-14-17-43(28-44-21-11-22-46-24-26-53(10,52)27-25-46)19-18-41(8)31(34(30)43)12-13-33-40(7)20-23-47(36(49)35(48)45-38(3,4)37(50)51)39(5,6)32(40)15-16-42(33,41)9/h30-34,44H,1,10-28H2,2-9H3,(H,45,48)(H,50,51)/t30-,31+,32-,33+,34+,40-,41+,42+,43+/m0/s1. The van der Waals surface area contributed by atoms with Gasteiger partial charge >= 0.3 is 17.8 Å². The highest BCUT2D eigenvalue weighted by atomic mass is 32.2. The molecule has 6 fully saturated rings. The van der Waals surface area contributed by atoms with E-state index in [1.807, 2.05) is 0 Å². The van der Waals surface area contributed by atoms with E-state index in [0.29, 0.717) is 35.6 Å². The minimum absolute atomic E-state index is 0.0378. The van der Waals surface area contributed by atoms with Crippen molar-refractivity contribution in [2.45, 2.75) is 131 Å². The highest BCUT2D eigenvalue weighted by Crippen LogP contribution is 2.76. The van der Waals surface area contributed by atoms with Crippen LogP contribution in [0.3, 0.4) is 0 Å². The van der Waals surface area contributed by atoms with Crippen molar-refractivity contribution in [3.63, 3.8) is 0 Å². The second-order valence-electron chi connectivity index (χ2n) is 20.5. The molecule has 53 heavy (non-hydrogen) atoms. The van der Waals surface area contributed by atoms with Crippen LogP contribution < -0.4 is 10.6 Å². The maximum Gasteiger partial charge on any atom is 0.328 e. The number of carbonyl (C=O) groups is 3. The normalized spacial score (nSPS) is 40.6. The van der Waals surface area contributed by atoms with Gasteiger partial charge in [0.1, 0.15) is 5.54 Å². The lowest BCUT2D eigenvalue weighted by atomic mass is 9.33. The number of carbonyl (C=O) groups excluding carboxylic acids is 2. The molecule has 10 heteroatoms. The van der Waals surface area contributed by atoms with Crippen molar-refractivity contribution in [1.29, 1.82) is 0 Å². The number of rotatable bonds is 9. The number of aliphatic carboxylic acids is 1. The van der Waals surface area contributed by atoms with E-state index >= 15 is 0 Å². The van der Waals surface area contributed by atoms with Gasteiger partial charge in [-0.1, -0.05) is 32.9 Å². The Bertz CT molecular complexity index is 1580. The lowest BCUT2D eigenvalue weighted by molar-refractivity contribution is -0.240. The first-order valence-electron chi connectivity index (χ1n) is 20.8. The molecule has 0 aromatic rings. The van der Waals surface area contributed by atoms with Gasteiger partial charge in [-0.15, -0.1) is 0 Å². The molecule has 2 aliphatic heterocycles. The van der Waals surface area contributed by atoms with Crippen molar-refractivity contribution in [2.24, 2.45) is 51.2 Å². The van der Waals surface area contributed by atoms with E-state index in [0.717, 1.165) is 69.9 Å². The number of allylic oxidation sites excluding steroid dienone is 1. The van der Waals surface area contributed by atoms with E-state index in [-0.39, 0.29) is 22.2 Å². The Morgan fingerprint density at radius 3 is 2.21 bits per heavy atom. The number of carboxylic acid groups (broad SMARTS) is 1. The van der Waals surface area contributed by atoms with Crippen molar-refractivity contribution in [2.75, 3.05) is 50.8 Å². The fraction of sp³-hybridized carbons (Fsp3) is 0.860. The number of carboxylic acids is 1. The summed E-state index contributed by atoms with van der Waals surface area (Å²) in [6.07, 6.45) is 11.7. The summed E-state index contributed by atoms with van der Waals surface area (Å²) in [6, 6.07) is 0. The number of nitrogens with zero attached hydrogens (tertiary/aromatic N) is 2. The third-order valence-corrected chi connectivity index (χ3v) is 19.0. The summed E-state index contributed by atoms with van der Waals surface area (Å²) in [4.78, 5) is 42.8. The number of piperidine rings is 1. The number of nitrogens with one attached hydrogen (secondary N) is 2. The van der Waals surface area contributed by atoms with Crippen molar-refractivity contribution in [3.05, 3.63) is 12.2 Å². The molecule has 2 heterocycles. The van der Waals surface area contributed by atoms with Gasteiger partial charge in [0.15, 0.2) is 0 Å². The molecule has 0 radical (unpaired) electrons. The number of amides is 2. The molecule has 0 aromatic heterocycles. The van der Waals surface area contributed by atoms with Gasteiger partial charge in [0.25, 0.3) is 0 Å². The van der Waals surface area contributed by atoms with Crippen LogP contribution in [0.25, 0.3) is 0 Å². The van der Waals surface area contributed by atoms with Crippen molar-refractivity contribution in [3.8, 4) is 0 Å². The second kappa shape index (κ2) is 13.9. The van der Waals surface area contributed by atoms with E-state index in [9.17, 15) is 23.7 Å². The molecule has 2 saturated heterocycles. The van der Waals surface area contributed by atoms with Crippen LogP contribution in [0.5, 0.6) is 0 Å². The summed E-state index contributed by atoms with van der Waals surface area (Å²) in [5, 5.41) is 16.0. The molecule has 3 N–H and O–H groups in total. The third-order valence-electron chi connectivity index (χ3n) is 17.2. The lowest BCUT2D eigenvalue weighted by Crippen LogP contribution is -2.71. The number of likely N-dealkylation sites (tertiary alicyclic amines) is 1. The van der Waals surface area contributed by atoms with Gasteiger partial charge in [0.2, 0.25) is 0 Å². The zero-order chi connectivity index (χ0) is 39.0. The van der Waals surface area contributed by atoms with Gasteiger partial charge in [-0.3, -0.25) is 13.8 Å². The van der Waals surface area contributed by atoms with Crippen LogP contribution in [0.2, 0.25) is 0 Å². The van der Waals surface area contributed by atoms with Crippen molar-refractivity contribution in [1.82, 2.24) is 20.4 Å². The topological polar surface area (TPSA) is 119 Å². The molecule has 4 aliphatic carbocycles. The predicted octanol–water partition coefficient (Wildman–Crippen LogP) is 5.83. The molecule has 9 atom stereocenters. The van der Waals surface area contributed by atoms with Gasteiger partial charge in [-0.25, -0.2) is 4.79 Å².